The first-order chi connectivity index (χ1) is 7.21. The van der Waals surface area contributed by atoms with E-state index in [1.54, 1.807) is 0 Å². The van der Waals surface area contributed by atoms with Gasteiger partial charge in [0.1, 0.15) is 9.37 Å². The van der Waals surface area contributed by atoms with E-state index in [1.807, 2.05) is 24.0 Å². The SMILES string of the molecule is Cc1cnc2n1C=N[C@]1(I)CC=CC=C21. The minimum absolute atomic E-state index is 0.139. The summed E-state index contributed by atoms with van der Waals surface area (Å²) >= 11 is 2.40. The summed E-state index contributed by atoms with van der Waals surface area (Å²) in [5.74, 6) is 1.03. The quantitative estimate of drug-likeness (QED) is 0.411. The van der Waals surface area contributed by atoms with Gasteiger partial charge in [-0.2, -0.15) is 0 Å². The van der Waals surface area contributed by atoms with Crippen LogP contribution >= 0.6 is 22.6 Å². The fraction of sp³-hybridized carbons (Fsp3) is 0.273. The van der Waals surface area contributed by atoms with Crippen molar-refractivity contribution in [2.75, 3.05) is 0 Å². The third kappa shape index (κ3) is 1.24. The molecule has 1 aromatic rings. The molecule has 3 nitrogen and oxygen atoms in total. The smallest absolute Gasteiger partial charge is 0.145 e. The van der Waals surface area contributed by atoms with E-state index in [2.05, 4.69) is 50.8 Å². The summed E-state index contributed by atoms with van der Waals surface area (Å²) in [6.07, 6.45) is 11.1. The number of fused-ring (bicyclic) bond motifs is 3. The average molecular weight is 311 g/mol. The summed E-state index contributed by atoms with van der Waals surface area (Å²) in [5.41, 5.74) is 2.34. The molecule has 1 aliphatic heterocycles. The molecule has 4 heteroatoms. The van der Waals surface area contributed by atoms with Gasteiger partial charge in [-0.05, 0) is 29.5 Å². The van der Waals surface area contributed by atoms with Gasteiger partial charge in [0.2, 0.25) is 0 Å². The van der Waals surface area contributed by atoms with Crippen LogP contribution in [0, 0.1) is 6.92 Å². The lowest BCUT2D eigenvalue weighted by molar-refractivity contribution is 0.779. The van der Waals surface area contributed by atoms with Crippen molar-refractivity contribution < 1.29 is 0 Å². The molecule has 15 heavy (non-hydrogen) atoms. The van der Waals surface area contributed by atoms with Gasteiger partial charge in [0.25, 0.3) is 0 Å². The van der Waals surface area contributed by atoms with Crippen molar-refractivity contribution in [1.82, 2.24) is 9.55 Å². The van der Waals surface area contributed by atoms with E-state index < -0.39 is 0 Å². The zero-order valence-corrected chi connectivity index (χ0v) is 10.5. The Morgan fingerprint density at radius 2 is 2.40 bits per heavy atom. The van der Waals surface area contributed by atoms with Crippen molar-refractivity contribution in [3.63, 3.8) is 0 Å². The molecule has 0 N–H and O–H groups in total. The van der Waals surface area contributed by atoms with E-state index in [-0.39, 0.29) is 3.55 Å². The molecule has 0 unspecified atom stereocenters. The van der Waals surface area contributed by atoms with Crippen LogP contribution in [-0.2, 0) is 0 Å². The Labute approximate surface area is 102 Å². The number of alkyl halides is 1. The second kappa shape index (κ2) is 3.04. The maximum absolute atomic E-state index is 4.62. The van der Waals surface area contributed by atoms with Gasteiger partial charge in [0.15, 0.2) is 0 Å². The van der Waals surface area contributed by atoms with E-state index in [4.69, 9.17) is 0 Å². The molecule has 0 spiro atoms. The van der Waals surface area contributed by atoms with Gasteiger partial charge in [0.05, 0.1) is 6.34 Å². The van der Waals surface area contributed by atoms with E-state index in [0.29, 0.717) is 0 Å². The highest BCUT2D eigenvalue weighted by atomic mass is 127. The van der Waals surface area contributed by atoms with Gasteiger partial charge >= 0.3 is 0 Å². The summed E-state index contributed by atoms with van der Waals surface area (Å²) in [7, 11) is 0. The second-order valence-electron chi connectivity index (χ2n) is 3.81. The maximum atomic E-state index is 4.62. The summed E-state index contributed by atoms with van der Waals surface area (Å²) in [6.45, 7) is 2.04. The summed E-state index contributed by atoms with van der Waals surface area (Å²) in [5, 5.41) is 0. The third-order valence-electron chi connectivity index (χ3n) is 2.80. The van der Waals surface area contributed by atoms with E-state index in [9.17, 15) is 0 Å². The first-order valence-electron chi connectivity index (χ1n) is 4.86. The molecule has 0 bridgehead atoms. The molecular weight excluding hydrogens is 301 g/mol. The van der Waals surface area contributed by atoms with Crippen LogP contribution in [0.5, 0.6) is 0 Å². The molecule has 0 radical (unpaired) electrons. The van der Waals surface area contributed by atoms with Crippen molar-refractivity contribution >= 4 is 34.5 Å². The Morgan fingerprint density at radius 3 is 3.27 bits per heavy atom. The molecule has 1 atom stereocenters. The molecular formula is C11H10IN3. The van der Waals surface area contributed by atoms with Crippen molar-refractivity contribution in [3.8, 4) is 0 Å². The van der Waals surface area contributed by atoms with Gasteiger partial charge in [-0.25, -0.2) is 4.98 Å². The Hall–Kier alpha value is -0.910. The number of imidazole rings is 1. The highest BCUT2D eigenvalue weighted by Gasteiger charge is 2.36. The van der Waals surface area contributed by atoms with E-state index in [1.165, 1.54) is 5.57 Å². The summed E-state index contributed by atoms with van der Waals surface area (Å²) in [4.78, 5) is 9.07. The van der Waals surface area contributed by atoms with Gasteiger partial charge in [-0.15, -0.1) is 0 Å². The second-order valence-corrected chi connectivity index (χ2v) is 5.59. The minimum Gasteiger partial charge on any atom is -0.288 e. The molecule has 0 saturated heterocycles. The predicted octanol–water partition coefficient (Wildman–Crippen LogP) is 2.56. The zero-order valence-electron chi connectivity index (χ0n) is 8.31. The number of allylic oxidation sites excluding steroid dienone is 2. The predicted molar refractivity (Wildman–Crippen MR) is 69.3 cm³/mol. The van der Waals surface area contributed by atoms with Crippen molar-refractivity contribution in [2.24, 2.45) is 4.99 Å². The average Bonchev–Trinajstić information content (AvgIpc) is 2.60. The fourth-order valence-corrected chi connectivity index (χ4v) is 2.73. The van der Waals surface area contributed by atoms with Crippen LogP contribution in [0.4, 0.5) is 0 Å². The lowest BCUT2D eigenvalue weighted by atomic mass is 9.98. The number of hydrogen-bond acceptors (Lipinski definition) is 2. The molecule has 0 aromatic carbocycles. The van der Waals surface area contributed by atoms with Crippen LogP contribution < -0.4 is 0 Å². The minimum atomic E-state index is -0.139. The molecule has 1 aliphatic carbocycles. The molecule has 3 rings (SSSR count). The van der Waals surface area contributed by atoms with Crippen LogP contribution in [0.1, 0.15) is 17.9 Å². The third-order valence-corrected chi connectivity index (χ3v) is 4.10. The standard InChI is InChI=1S/C11H10IN3/c1-8-6-13-10-9-4-2-3-5-11(9,12)14-7-15(8)10/h2-4,6-7H,5H2,1H3/t11-/m1/s1. The molecule has 1 aromatic heterocycles. The summed E-state index contributed by atoms with van der Waals surface area (Å²) in [6, 6.07) is 0. The first kappa shape index (κ1) is 9.33. The number of nitrogens with zero attached hydrogens (tertiary/aromatic N) is 3. The van der Waals surface area contributed by atoms with E-state index in [0.717, 1.165) is 17.9 Å². The molecule has 2 heterocycles. The lowest BCUT2D eigenvalue weighted by Gasteiger charge is -2.30. The van der Waals surface area contributed by atoms with Crippen molar-refractivity contribution in [1.29, 1.82) is 0 Å². The number of aryl methyl sites for hydroxylation is 1. The number of halogens is 1. The molecule has 0 fully saturated rings. The topological polar surface area (TPSA) is 30.2 Å². The van der Waals surface area contributed by atoms with Crippen LogP contribution in [0.2, 0.25) is 0 Å². The van der Waals surface area contributed by atoms with Gasteiger partial charge in [-0.1, -0.05) is 18.2 Å². The highest BCUT2D eigenvalue weighted by molar-refractivity contribution is 14.1. The van der Waals surface area contributed by atoms with Crippen molar-refractivity contribution in [3.05, 3.63) is 35.9 Å². The molecule has 2 aliphatic rings. The monoisotopic (exact) mass is 311 g/mol. The zero-order chi connectivity index (χ0) is 10.5. The normalized spacial score (nSPS) is 27.2. The number of aliphatic imine (C=N–C) groups is 1. The number of hydrogen-bond donors (Lipinski definition) is 0. The van der Waals surface area contributed by atoms with Crippen LogP contribution in [0.15, 0.2) is 29.4 Å². The van der Waals surface area contributed by atoms with Gasteiger partial charge < -0.3 is 0 Å². The molecule has 0 saturated carbocycles. The van der Waals surface area contributed by atoms with Gasteiger partial charge in [-0.3, -0.25) is 9.56 Å². The number of aromatic nitrogens is 2. The van der Waals surface area contributed by atoms with Crippen molar-refractivity contribution in [2.45, 2.75) is 16.9 Å². The molecule has 76 valence electrons. The Kier molecular flexibility index (Phi) is 1.89. The van der Waals surface area contributed by atoms with Crippen LogP contribution in [0.25, 0.3) is 5.57 Å². The fourth-order valence-electron chi connectivity index (χ4n) is 1.93. The largest absolute Gasteiger partial charge is 0.288 e. The van der Waals surface area contributed by atoms with Crippen LogP contribution in [-0.4, -0.2) is 19.4 Å². The highest BCUT2D eigenvalue weighted by Crippen LogP contribution is 2.43. The Morgan fingerprint density at radius 1 is 1.53 bits per heavy atom. The summed E-state index contributed by atoms with van der Waals surface area (Å²) < 4.78 is 1.90. The maximum Gasteiger partial charge on any atom is 0.145 e. The van der Waals surface area contributed by atoms with E-state index >= 15 is 0 Å². The Bertz CT molecular complexity index is 510. The van der Waals surface area contributed by atoms with Crippen LogP contribution in [0.3, 0.4) is 0 Å². The molecule has 0 amide bonds. The number of rotatable bonds is 0. The first-order valence-corrected chi connectivity index (χ1v) is 5.94. The van der Waals surface area contributed by atoms with Gasteiger partial charge in [0, 0.05) is 23.9 Å². The Balaban J connectivity index is 2.27. The lowest BCUT2D eigenvalue weighted by Crippen LogP contribution is -2.28.